The molecule has 1 saturated heterocycles. The lowest BCUT2D eigenvalue weighted by molar-refractivity contribution is 0.575. The third-order valence-electron chi connectivity index (χ3n) is 3.47. The fourth-order valence-corrected chi connectivity index (χ4v) is 2.60. The van der Waals surface area contributed by atoms with Crippen molar-refractivity contribution in [3.05, 3.63) is 29.6 Å². The molecule has 2 rings (SSSR count). The number of nitrogens with zero attached hydrogens (tertiary/aromatic N) is 2. The Morgan fingerprint density at radius 2 is 2.32 bits per heavy atom. The van der Waals surface area contributed by atoms with Crippen LogP contribution in [0.2, 0.25) is 0 Å². The molecule has 4 heteroatoms. The van der Waals surface area contributed by atoms with Crippen molar-refractivity contribution < 1.29 is 4.39 Å². The van der Waals surface area contributed by atoms with E-state index in [1.165, 1.54) is 25.0 Å². The van der Waals surface area contributed by atoms with E-state index >= 15 is 0 Å². The Morgan fingerprint density at radius 1 is 1.47 bits per heavy atom. The van der Waals surface area contributed by atoms with Gasteiger partial charge in [-0.15, -0.1) is 0 Å². The molecular weight excluding hydrogens is 241 g/mol. The molecule has 1 atom stereocenters. The summed E-state index contributed by atoms with van der Waals surface area (Å²) >= 11 is 0. The number of benzene rings is 1. The quantitative estimate of drug-likeness (QED) is 0.885. The number of nitrogens with one attached hydrogen (secondary N) is 1. The molecule has 1 aromatic rings. The van der Waals surface area contributed by atoms with E-state index in [1.54, 1.807) is 6.07 Å². The first-order valence-electron chi connectivity index (χ1n) is 6.92. The van der Waals surface area contributed by atoms with E-state index < -0.39 is 0 Å². The second-order valence-corrected chi connectivity index (χ2v) is 5.05. The molecule has 0 aliphatic carbocycles. The molecule has 1 aromatic carbocycles. The number of rotatable bonds is 5. The van der Waals surface area contributed by atoms with Gasteiger partial charge in [-0.1, -0.05) is 6.92 Å². The molecule has 19 heavy (non-hydrogen) atoms. The minimum atomic E-state index is -0.338. The smallest absolute Gasteiger partial charge is 0.126 e. The van der Waals surface area contributed by atoms with Crippen molar-refractivity contribution in [3.8, 4) is 6.07 Å². The van der Waals surface area contributed by atoms with Crippen molar-refractivity contribution in [1.82, 2.24) is 5.32 Å². The summed E-state index contributed by atoms with van der Waals surface area (Å²) in [5.41, 5.74) is 1.20. The summed E-state index contributed by atoms with van der Waals surface area (Å²) in [6.45, 7) is 4.94. The van der Waals surface area contributed by atoms with Gasteiger partial charge in [-0.2, -0.15) is 5.26 Å². The average Bonchev–Trinajstić information content (AvgIpc) is 2.90. The monoisotopic (exact) mass is 261 g/mol. The number of anilines is 1. The van der Waals surface area contributed by atoms with Crippen LogP contribution in [0.15, 0.2) is 18.2 Å². The molecule has 3 nitrogen and oxygen atoms in total. The van der Waals surface area contributed by atoms with Gasteiger partial charge < -0.3 is 10.2 Å². The van der Waals surface area contributed by atoms with Crippen LogP contribution in [0.3, 0.4) is 0 Å². The fourth-order valence-electron chi connectivity index (χ4n) is 2.60. The summed E-state index contributed by atoms with van der Waals surface area (Å²) in [5.74, 6) is -0.338. The van der Waals surface area contributed by atoms with E-state index in [-0.39, 0.29) is 5.82 Å². The summed E-state index contributed by atoms with van der Waals surface area (Å²) in [7, 11) is 0. The number of nitriles is 1. The molecule has 102 valence electrons. The van der Waals surface area contributed by atoms with Crippen molar-refractivity contribution in [3.63, 3.8) is 0 Å². The summed E-state index contributed by atoms with van der Waals surface area (Å²) in [6.07, 6.45) is 3.38. The highest BCUT2D eigenvalue weighted by molar-refractivity contribution is 5.52. The molecule has 1 aliphatic heterocycles. The van der Waals surface area contributed by atoms with Crippen LogP contribution >= 0.6 is 0 Å². The fraction of sp³-hybridized carbons (Fsp3) is 0.533. The summed E-state index contributed by atoms with van der Waals surface area (Å²) < 4.78 is 13.5. The Hall–Kier alpha value is -1.60. The molecule has 1 N–H and O–H groups in total. The summed E-state index contributed by atoms with van der Waals surface area (Å²) in [4.78, 5) is 2.17. The van der Waals surface area contributed by atoms with Gasteiger partial charge in [0, 0.05) is 24.8 Å². The number of hydrogen-bond donors (Lipinski definition) is 1. The van der Waals surface area contributed by atoms with E-state index in [0.29, 0.717) is 11.6 Å². The minimum Gasteiger partial charge on any atom is -0.370 e. The van der Waals surface area contributed by atoms with Crippen LogP contribution in [0.1, 0.15) is 31.7 Å². The van der Waals surface area contributed by atoms with Gasteiger partial charge in [-0.05, 0) is 44.0 Å². The Morgan fingerprint density at radius 3 is 2.95 bits per heavy atom. The Balaban J connectivity index is 2.17. The van der Waals surface area contributed by atoms with Gasteiger partial charge in [0.2, 0.25) is 0 Å². The first-order chi connectivity index (χ1) is 9.22. The Bertz CT molecular complexity index is 461. The van der Waals surface area contributed by atoms with Crippen molar-refractivity contribution in [2.45, 2.75) is 32.2 Å². The zero-order valence-electron chi connectivity index (χ0n) is 11.3. The maximum atomic E-state index is 13.5. The van der Waals surface area contributed by atoms with Gasteiger partial charge in [0.25, 0.3) is 0 Å². The molecule has 0 saturated carbocycles. The van der Waals surface area contributed by atoms with Crippen molar-refractivity contribution >= 4 is 5.69 Å². The molecule has 1 heterocycles. The van der Waals surface area contributed by atoms with Gasteiger partial charge >= 0.3 is 0 Å². The first-order valence-corrected chi connectivity index (χ1v) is 6.92. The number of hydrogen-bond acceptors (Lipinski definition) is 3. The second-order valence-electron chi connectivity index (χ2n) is 5.05. The largest absolute Gasteiger partial charge is 0.370 e. The summed E-state index contributed by atoms with van der Waals surface area (Å²) in [6, 6.07) is 7.06. The molecule has 1 fully saturated rings. The lowest BCUT2D eigenvalue weighted by atomic mass is 10.1. The van der Waals surface area contributed by atoms with Gasteiger partial charge in [-0.3, -0.25) is 0 Å². The summed E-state index contributed by atoms with van der Waals surface area (Å²) in [5, 5.41) is 12.4. The van der Waals surface area contributed by atoms with Gasteiger partial charge in [0.15, 0.2) is 0 Å². The maximum Gasteiger partial charge on any atom is 0.126 e. The topological polar surface area (TPSA) is 39.1 Å². The van der Waals surface area contributed by atoms with Crippen LogP contribution in [0.4, 0.5) is 10.1 Å². The van der Waals surface area contributed by atoms with Crippen LogP contribution in [0, 0.1) is 17.1 Å². The molecule has 1 aliphatic rings. The van der Waals surface area contributed by atoms with E-state index in [0.717, 1.165) is 31.7 Å². The number of halogens is 1. The zero-order valence-corrected chi connectivity index (χ0v) is 11.3. The van der Waals surface area contributed by atoms with E-state index in [2.05, 4.69) is 17.1 Å². The second kappa shape index (κ2) is 6.53. The lowest BCUT2D eigenvalue weighted by Crippen LogP contribution is -2.38. The van der Waals surface area contributed by atoms with E-state index in [9.17, 15) is 4.39 Å². The van der Waals surface area contributed by atoms with Crippen molar-refractivity contribution in [2.75, 3.05) is 24.5 Å². The third-order valence-corrected chi connectivity index (χ3v) is 3.47. The molecular formula is C15H20FN3. The molecule has 0 bridgehead atoms. The predicted octanol–water partition coefficient (Wildman–Crippen LogP) is 2.67. The third kappa shape index (κ3) is 3.68. The normalized spacial score (nSPS) is 18.3. The van der Waals surface area contributed by atoms with Crippen LogP contribution in [-0.4, -0.2) is 25.7 Å². The highest BCUT2D eigenvalue weighted by atomic mass is 19.1. The van der Waals surface area contributed by atoms with Crippen LogP contribution < -0.4 is 10.2 Å². The van der Waals surface area contributed by atoms with E-state index in [1.807, 2.05) is 6.07 Å². The molecule has 0 aromatic heterocycles. The highest BCUT2D eigenvalue weighted by Crippen LogP contribution is 2.20. The standard InChI is InChI=1S/C15H20FN3/c1-2-6-19(11-14-4-3-5-18-14)15-8-12(10-17)7-13(16)9-15/h7-9,14,18H,2-6,11H2,1H3. The Labute approximate surface area is 114 Å². The minimum absolute atomic E-state index is 0.338. The van der Waals surface area contributed by atoms with Gasteiger partial charge in [0.1, 0.15) is 5.82 Å². The van der Waals surface area contributed by atoms with Crippen molar-refractivity contribution in [2.24, 2.45) is 0 Å². The first kappa shape index (κ1) is 13.8. The van der Waals surface area contributed by atoms with Crippen molar-refractivity contribution in [1.29, 1.82) is 5.26 Å². The maximum absolute atomic E-state index is 13.5. The van der Waals surface area contributed by atoms with E-state index in [4.69, 9.17) is 5.26 Å². The van der Waals surface area contributed by atoms with Gasteiger partial charge in [-0.25, -0.2) is 4.39 Å². The molecule has 1 unspecified atom stereocenters. The van der Waals surface area contributed by atoms with Crippen LogP contribution in [0.5, 0.6) is 0 Å². The molecule has 0 amide bonds. The Kier molecular flexibility index (Phi) is 4.75. The van der Waals surface area contributed by atoms with Crippen LogP contribution in [0.25, 0.3) is 0 Å². The molecule has 0 radical (unpaired) electrons. The molecule has 0 spiro atoms. The lowest BCUT2D eigenvalue weighted by Gasteiger charge is -2.27. The predicted molar refractivity (Wildman–Crippen MR) is 74.6 cm³/mol. The van der Waals surface area contributed by atoms with Crippen LogP contribution in [-0.2, 0) is 0 Å². The SMILES string of the molecule is CCCN(CC1CCCN1)c1cc(F)cc(C#N)c1. The van der Waals surface area contributed by atoms with Gasteiger partial charge in [0.05, 0.1) is 11.6 Å². The zero-order chi connectivity index (χ0) is 13.7. The highest BCUT2D eigenvalue weighted by Gasteiger charge is 2.18. The average molecular weight is 261 g/mol.